The number of fused-ring (bicyclic) bond motifs is 1. The highest BCUT2D eigenvalue weighted by atomic mass is 79.9. The maximum Gasteiger partial charge on any atom is 0.156 e. The minimum absolute atomic E-state index is 0.524. The maximum absolute atomic E-state index is 6.15. The van der Waals surface area contributed by atoms with Crippen LogP contribution in [0.25, 0.3) is 16.9 Å². The third-order valence-corrected chi connectivity index (χ3v) is 4.03. The molecule has 0 spiro atoms. The molecule has 3 aromatic rings. The Labute approximate surface area is 134 Å². The van der Waals surface area contributed by atoms with E-state index in [1.54, 1.807) is 19.4 Å². The van der Waals surface area contributed by atoms with Crippen LogP contribution in [0.2, 0.25) is 10.0 Å². The molecule has 0 atom stereocenters. The van der Waals surface area contributed by atoms with E-state index in [1.165, 1.54) is 0 Å². The number of pyridine rings is 1. The standard InChI is InChI=1S/C14H9BrCl2N2O/c1-20-13-3-2-8(4-10(13)15)12-7-19-6-9(16)5-11(17)14(19)18-12/h2-7H,1H3. The summed E-state index contributed by atoms with van der Waals surface area (Å²) >= 11 is 15.6. The van der Waals surface area contributed by atoms with E-state index in [2.05, 4.69) is 20.9 Å². The van der Waals surface area contributed by atoms with Gasteiger partial charge in [0.1, 0.15) is 5.75 Å². The number of benzene rings is 1. The van der Waals surface area contributed by atoms with Gasteiger partial charge in [-0.3, -0.25) is 0 Å². The molecule has 0 amide bonds. The molecule has 0 aliphatic carbocycles. The van der Waals surface area contributed by atoms with Crippen LogP contribution in [0, 0.1) is 0 Å². The van der Waals surface area contributed by atoms with Gasteiger partial charge in [-0.1, -0.05) is 23.2 Å². The number of halogens is 3. The number of nitrogens with zero attached hydrogens (tertiary/aromatic N) is 2. The Morgan fingerprint density at radius 3 is 2.70 bits per heavy atom. The molecule has 102 valence electrons. The van der Waals surface area contributed by atoms with E-state index in [9.17, 15) is 0 Å². The van der Waals surface area contributed by atoms with E-state index in [4.69, 9.17) is 27.9 Å². The summed E-state index contributed by atoms with van der Waals surface area (Å²) in [5.74, 6) is 0.776. The Kier molecular flexibility index (Phi) is 3.63. The summed E-state index contributed by atoms with van der Waals surface area (Å²) in [6, 6.07) is 7.47. The highest BCUT2D eigenvalue weighted by molar-refractivity contribution is 9.10. The van der Waals surface area contributed by atoms with E-state index in [0.29, 0.717) is 15.7 Å². The van der Waals surface area contributed by atoms with Crippen molar-refractivity contribution >= 4 is 44.8 Å². The second kappa shape index (κ2) is 5.28. The van der Waals surface area contributed by atoms with Crippen LogP contribution in [0.15, 0.2) is 41.1 Å². The van der Waals surface area contributed by atoms with E-state index in [-0.39, 0.29) is 0 Å². The molecule has 0 radical (unpaired) electrons. The van der Waals surface area contributed by atoms with Gasteiger partial charge >= 0.3 is 0 Å². The number of hydrogen-bond acceptors (Lipinski definition) is 2. The fourth-order valence-electron chi connectivity index (χ4n) is 1.99. The zero-order chi connectivity index (χ0) is 14.3. The number of rotatable bonds is 2. The van der Waals surface area contributed by atoms with E-state index >= 15 is 0 Å². The Hall–Kier alpha value is -1.23. The summed E-state index contributed by atoms with van der Waals surface area (Å²) in [5, 5.41) is 1.10. The summed E-state index contributed by atoms with van der Waals surface area (Å²) in [4.78, 5) is 4.53. The Balaban J connectivity index is 2.15. The molecule has 2 heterocycles. The molecule has 20 heavy (non-hydrogen) atoms. The van der Waals surface area contributed by atoms with Crippen molar-refractivity contribution in [1.29, 1.82) is 0 Å². The smallest absolute Gasteiger partial charge is 0.156 e. The number of aromatic nitrogens is 2. The zero-order valence-corrected chi connectivity index (χ0v) is 13.5. The van der Waals surface area contributed by atoms with Crippen LogP contribution in [-0.2, 0) is 0 Å². The third kappa shape index (κ3) is 2.39. The van der Waals surface area contributed by atoms with Gasteiger partial charge in [-0.05, 0) is 40.2 Å². The second-order valence-electron chi connectivity index (χ2n) is 4.21. The first-order valence-electron chi connectivity index (χ1n) is 5.76. The van der Waals surface area contributed by atoms with Gasteiger partial charge in [0.05, 0.1) is 27.3 Å². The van der Waals surface area contributed by atoms with E-state index in [1.807, 2.05) is 28.8 Å². The van der Waals surface area contributed by atoms with Gasteiger partial charge in [0.2, 0.25) is 0 Å². The van der Waals surface area contributed by atoms with E-state index in [0.717, 1.165) is 21.5 Å². The molecule has 3 rings (SSSR count). The minimum atomic E-state index is 0.524. The van der Waals surface area contributed by atoms with Crippen molar-refractivity contribution in [2.75, 3.05) is 7.11 Å². The molecule has 0 aliphatic rings. The normalized spacial score (nSPS) is 11.0. The first-order valence-corrected chi connectivity index (χ1v) is 7.31. The van der Waals surface area contributed by atoms with Crippen LogP contribution < -0.4 is 4.74 Å². The van der Waals surface area contributed by atoms with Crippen molar-refractivity contribution in [3.05, 3.63) is 51.2 Å². The molecule has 0 bridgehead atoms. The topological polar surface area (TPSA) is 26.5 Å². The molecule has 6 heteroatoms. The van der Waals surface area contributed by atoms with Crippen molar-refractivity contribution in [1.82, 2.24) is 9.38 Å². The lowest BCUT2D eigenvalue weighted by Crippen LogP contribution is -1.85. The molecule has 0 unspecified atom stereocenters. The molecule has 0 N–H and O–H groups in total. The quantitative estimate of drug-likeness (QED) is 0.627. The molecular weight excluding hydrogens is 363 g/mol. The number of hydrogen-bond donors (Lipinski definition) is 0. The average molecular weight is 372 g/mol. The summed E-state index contributed by atoms with van der Waals surface area (Å²) < 4.78 is 7.91. The zero-order valence-electron chi connectivity index (χ0n) is 10.4. The summed E-state index contributed by atoms with van der Waals surface area (Å²) in [6.45, 7) is 0. The maximum atomic E-state index is 6.15. The number of ether oxygens (including phenoxy) is 1. The molecule has 0 saturated heterocycles. The summed E-state index contributed by atoms with van der Waals surface area (Å²) in [7, 11) is 1.63. The fourth-order valence-corrected chi connectivity index (χ4v) is 3.06. The predicted molar refractivity (Wildman–Crippen MR) is 84.9 cm³/mol. The molecule has 0 fully saturated rings. The van der Waals surface area contributed by atoms with Crippen LogP contribution >= 0.6 is 39.1 Å². The van der Waals surface area contributed by atoms with Gasteiger partial charge in [0.15, 0.2) is 5.65 Å². The third-order valence-electron chi connectivity index (χ3n) is 2.92. The summed E-state index contributed by atoms with van der Waals surface area (Å²) in [5.41, 5.74) is 2.46. The van der Waals surface area contributed by atoms with Crippen molar-refractivity contribution in [3.63, 3.8) is 0 Å². The first-order chi connectivity index (χ1) is 9.58. The first kappa shape index (κ1) is 13.7. The lowest BCUT2D eigenvalue weighted by Gasteiger charge is -2.04. The highest BCUT2D eigenvalue weighted by Gasteiger charge is 2.10. The molecule has 1 aromatic carbocycles. The molecular formula is C14H9BrCl2N2O. The van der Waals surface area contributed by atoms with Crippen molar-refractivity contribution < 1.29 is 4.74 Å². The van der Waals surface area contributed by atoms with Gasteiger partial charge in [0, 0.05) is 18.0 Å². The van der Waals surface area contributed by atoms with Crippen molar-refractivity contribution in [2.45, 2.75) is 0 Å². The minimum Gasteiger partial charge on any atom is -0.496 e. The van der Waals surface area contributed by atoms with Gasteiger partial charge in [0.25, 0.3) is 0 Å². The number of imidazole rings is 1. The monoisotopic (exact) mass is 370 g/mol. The second-order valence-corrected chi connectivity index (χ2v) is 5.91. The number of methoxy groups -OCH3 is 1. The van der Waals surface area contributed by atoms with Crippen LogP contribution in [0.1, 0.15) is 0 Å². The van der Waals surface area contributed by atoms with Gasteiger partial charge in [-0.25, -0.2) is 4.98 Å². The highest BCUT2D eigenvalue weighted by Crippen LogP contribution is 2.31. The largest absolute Gasteiger partial charge is 0.496 e. The van der Waals surface area contributed by atoms with Gasteiger partial charge in [-0.2, -0.15) is 0 Å². The van der Waals surface area contributed by atoms with Crippen LogP contribution in [-0.4, -0.2) is 16.5 Å². The molecule has 2 aromatic heterocycles. The summed E-state index contributed by atoms with van der Waals surface area (Å²) in [6.07, 6.45) is 3.67. The lowest BCUT2D eigenvalue weighted by atomic mass is 10.2. The Morgan fingerprint density at radius 2 is 2.00 bits per heavy atom. The van der Waals surface area contributed by atoms with Gasteiger partial charge < -0.3 is 9.14 Å². The van der Waals surface area contributed by atoms with Crippen molar-refractivity contribution in [2.24, 2.45) is 0 Å². The van der Waals surface area contributed by atoms with Crippen LogP contribution in [0.3, 0.4) is 0 Å². The fraction of sp³-hybridized carbons (Fsp3) is 0.0714. The average Bonchev–Trinajstić information content (AvgIpc) is 2.82. The molecule has 3 nitrogen and oxygen atoms in total. The van der Waals surface area contributed by atoms with Gasteiger partial charge in [-0.15, -0.1) is 0 Å². The predicted octanol–water partition coefficient (Wildman–Crippen LogP) is 5.08. The molecule has 0 saturated carbocycles. The SMILES string of the molecule is COc1ccc(-c2cn3cc(Cl)cc(Cl)c3n2)cc1Br. The van der Waals surface area contributed by atoms with Crippen LogP contribution in [0.5, 0.6) is 5.75 Å². The van der Waals surface area contributed by atoms with Crippen LogP contribution in [0.4, 0.5) is 0 Å². The molecule has 0 aliphatic heterocycles. The Bertz CT molecular complexity index is 801. The van der Waals surface area contributed by atoms with Crippen molar-refractivity contribution in [3.8, 4) is 17.0 Å². The Morgan fingerprint density at radius 1 is 1.20 bits per heavy atom. The van der Waals surface area contributed by atoms with E-state index < -0.39 is 0 Å². The lowest BCUT2D eigenvalue weighted by molar-refractivity contribution is 0.412.